The maximum Gasteiger partial charge on any atom is 0.235 e. The van der Waals surface area contributed by atoms with E-state index in [1.807, 2.05) is 25.1 Å². The van der Waals surface area contributed by atoms with Crippen molar-refractivity contribution in [2.24, 2.45) is 0 Å². The molecule has 0 spiro atoms. The number of amides is 1. The number of carbonyl (C=O) groups excluding carboxylic acids is 1. The lowest BCUT2D eigenvalue weighted by molar-refractivity contribution is -0.113. The number of nitrogens with zero attached hydrogens (tertiary/aromatic N) is 2. The number of anilines is 1. The second-order valence-electron chi connectivity index (χ2n) is 6.92. The molecule has 1 atom stereocenters. The number of aryl methyl sites for hydroxylation is 1. The Morgan fingerprint density at radius 1 is 1.06 bits per heavy atom. The van der Waals surface area contributed by atoms with Gasteiger partial charge in [0.15, 0.2) is 11.5 Å². The van der Waals surface area contributed by atoms with Crippen LogP contribution in [0.15, 0.2) is 36.4 Å². The molecule has 1 amide bonds. The van der Waals surface area contributed by atoms with Crippen LogP contribution >= 0.6 is 23.4 Å². The van der Waals surface area contributed by atoms with Crippen molar-refractivity contribution in [3.05, 3.63) is 58.2 Å². The molecule has 1 aliphatic heterocycles. The van der Waals surface area contributed by atoms with Crippen molar-refractivity contribution in [1.82, 2.24) is 9.78 Å². The average molecular weight is 460 g/mol. The topological polar surface area (TPSA) is 74.6 Å². The molecule has 1 aliphatic rings. The number of benzene rings is 2. The van der Waals surface area contributed by atoms with Gasteiger partial charge in [0.2, 0.25) is 5.91 Å². The van der Waals surface area contributed by atoms with Gasteiger partial charge in [-0.3, -0.25) is 4.79 Å². The molecule has 0 unspecified atom stereocenters. The highest BCUT2D eigenvalue weighted by Gasteiger charge is 2.33. The van der Waals surface area contributed by atoms with Gasteiger partial charge >= 0.3 is 0 Å². The Morgan fingerprint density at radius 3 is 2.35 bits per heavy atom. The van der Waals surface area contributed by atoms with Gasteiger partial charge in [-0.2, -0.15) is 5.10 Å². The molecule has 0 bridgehead atoms. The second kappa shape index (κ2) is 8.72. The van der Waals surface area contributed by atoms with Crippen molar-refractivity contribution in [1.29, 1.82) is 0 Å². The molecule has 162 valence electrons. The largest absolute Gasteiger partial charge is 0.496 e. The minimum Gasteiger partial charge on any atom is -0.496 e. The predicted octanol–water partition coefficient (Wildman–Crippen LogP) is 4.63. The summed E-state index contributed by atoms with van der Waals surface area (Å²) in [5.74, 6) is 2.64. The van der Waals surface area contributed by atoms with Crippen molar-refractivity contribution in [2.75, 3.05) is 32.4 Å². The summed E-state index contributed by atoms with van der Waals surface area (Å²) < 4.78 is 18.4. The summed E-state index contributed by atoms with van der Waals surface area (Å²) in [5, 5.41) is 8.18. The smallest absolute Gasteiger partial charge is 0.235 e. The van der Waals surface area contributed by atoms with Crippen LogP contribution in [-0.4, -0.2) is 42.8 Å². The third-order valence-corrected chi connectivity index (χ3v) is 6.60. The summed E-state index contributed by atoms with van der Waals surface area (Å²) in [6.07, 6.45) is 0. The lowest BCUT2D eigenvalue weighted by Crippen LogP contribution is -2.15. The number of ether oxygens (including phenoxy) is 3. The molecule has 0 saturated heterocycles. The molecule has 1 aromatic heterocycles. The standard InChI is InChI=1S/C22H22ClN3O4S/c1-12-20-21(15-9-17(29-3)18(30-4)10-16(15)28-2)31-11-19(27)24-22(20)26(25-12)14-7-5-13(23)6-8-14/h5-10,21H,11H2,1-4H3,(H,24,27)/t21-/m1/s1. The molecule has 4 rings (SSSR count). The van der Waals surface area contributed by atoms with E-state index < -0.39 is 0 Å². The summed E-state index contributed by atoms with van der Waals surface area (Å²) >= 11 is 7.56. The number of fused-ring (bicyclic) bond motifs is 1. The maximum absolute atomic E-state index is 12.6. The zero-order valence-electron chi connectivity index (χ0n) is 17.6. The fourth-order valence-electron chi connectivity index (χ4n) is 3.66. The van der Waals surface area contributed by atoms with Crippen LogP contribution in [0.2, 0.25) is 5.02 Å². The Morgan fingerprint density at radius 2 is 1.71 bits per heavy atom. The third kappa shape index (κ3) is 3.93. The minimum absolute atomic E-state index is 0.0942. The van der Waals surface area contributed by atoms with Gasteiger partial charge in [-0.1, -0.05) is 11.6 Å². The van der Waals surface area contributed by atoms with Crippen molar-refractivity contribution < 1.29 is 19.0 Å². The summed E-state index contributed by atoms with van der Waals surface area (Å²) in [6, 6.07) is 11.0. The van der Waals surface area contributed by atoms with Crippen LogP contribution in [0.1, 0.15) is 22.1 Å². The summed E-state index contributed by atoms with van der Waals surface area (Å²) in [5.41, 5.74) is 3.40. The van der Waals surface area contributed by atoms with Gasteiger partial charge in [-0.15, -0.1) is 11.8 Å². The van der Waals surface area contributed by atoms with Gasteiger partial charge in [-0.05, 0) is 37.3 Å². The zero-order chi connectivity index (χ0) is 22.1. The molecule has 0 saturated carbocycles. The molecule has 0 fully saturated rings. The Hall–Kier alpha value is -2.84. The maximum atomic E-state index is 12.6. The first-order valence-electron chi connectivity index (χ1n) is 9.53. The van der Waals surface area contributed by atoms with Crippen LogP contribution in [-0.2, 0) is 4.79 Å². The summed E-state index contributed by atoms with van der Waals surface area (Å²) in [7, 11) is 4.79. The van der Waals surface area contributed by atoms with Crippen LogP contribution in [0.3, 0.4) is 0 Å². The lowest BCUT2D eigenvalue weighted by atomic mass is 10.0. The number of thioether (sulfide) groups is 1. The van der Waals surface area contributed by atoms with Gasteiger partial charge in [-0.25, -0.2) is 4.68 Å². The highest BCUT2D eigenvalue weighted by molar-refractivity contribution is 8.00. The van der Waals surface area contributed by atoms with Gasteiger partial charge < -0.3 is 19.5 Å². The fraction of sp³-hybridized carbons (Fsp3) is 0.273. The molecule has 1 N–H and O–H groups in total. The van der Waals surface area contributed by atoms with E-state index in [2.05, 4.69) is 5.32 Å². The molecule has 7 nitrogen and oxygen atoms in total. The minimum atomic E-state index is -0.204. The molecule has 0 radical (unpaired) electrons. The van der Waals surface area contributed by atoms with E-state index in [4.69, 9.17) is 30.9 Å². The number of methoxy groups -OCH3 is 3. The van der Waals surface area contributed by atoms with Crippen molar-refractivity contribution in [3.63, 3.8) is 0 Å². The van der Waals surface area contributed by atoms with Crippen molar-refractivity contribution >= 4 is 35.1 Å². The molecule has 2 heterocycles. The number of hydrogen-bond acceptors (Lipinski definition) is 6. The van der Waals surface area contributed by atoms with Crippen LogP contribution in [0.25, 0.3) is 5.69 Å². The lowest BCUT2D eigenvalue weighted by Gasteiger charge is -2.20. The Balaban J connectivity index is 1.91. The molecule has 31 heavy (non-hydrogen) atoms. The van der Waals surface area contributed by atoms with Gasteiger partial charge in [0.05, 0.1) is 43.7 Å². The van der Waals surface area contributed by atoms with Crippen LogP contribution in [0.4, 0.5) is 5.82 Å². The first-order valence-corrected chi connectivity index (χ1v) is 11.0. The van der Waals surface area contributed by atoms with Crippen molar-refractivity contribution in [2.45, 2.75) is 12.2 Å². The first kappa shape index (κ1) is 21.4. The quantitative estimate of drug-likeness (QED) is 0.599. The fourth-order valence-corrected chi connectivity index (χ4v) is 4.98. The molecule has 0 aliphatic carbocycles. The third-order valence-electron chi connectivity index (χ3n) is 5.10. The number of rotatable bonds is 5. The van der Waals surface area contributed by atoms with E-state index in [0.717, 1.165) is 22.5 Å². The normalized spacial score (nSPS) is 15.6. The van der Waals surface area contributed by atoms with E-state index in [1.165, 1.54) is 11.8 Å². The van der Waals surface area contributed by atoms with Gasteiger partial charge in [0, 0.05) is 22.2 Å². The first-order chi connectivity index (χ1) is 15.0. The molecular formula is C22H22ClN3O4S. The van der Waals surface area contributed by atoms with E-state index >= 15 is 0 Å². The SMILES string of the molecule is COc1cc(OC)c([C@H]2SCC(=O)Nc3c2c(C)nn3-c2ccc(Cl)cc2)cc1OC. The van der Waals surface area contributed by atoms with Crippen LogP contribution in [0.5, 0.6) is 17.2 Å². The van der Waals surface area contributed by atoms with Gasteiger partial charge in [0.1, 0.15) is 11.6 Å². The number of aromatic nitrogens is 2. The number of halogens is 1. The summed E-state index contributed by atoms with van der Waals surface area (Å²) in [4.78, 5) is 12.6. The molecular weight excluding hydrogens is 438 g/mol. The average Bonchev–Trinajstić information content (AvgIpc) is 2.98. The number of nitrogens with one attached hydrogen (secondary N) is 1. The Bertz CT molecular complexity index is 1130. The van der Waals surface area contributed by atoms with Crippen molar-refractivity contribution in [3.8, 4) is 22.9 Å². The molecule has 3 aromatic rings. The molecule has 9 heteroatoms. The summed E-state index contributed by atoms with van der Waals surface area (Å²) in [6.45, 7) is 1.93. The van der Waals surface area contributed by atoms with E-state index in [0.29, 0.717) is 28.1 Å². The highest BCUT2D eigenvalue weighted by Crippen LogP contribution is 2.49. The number of hydrogen-bond donors (Lipinski definition) is 1. The van der Waals surface area contributed by atoms with Crippen LogP contribution < -0.4 is 19.5 Å². The molecule has 2 aromatic carbocycles. The number of carbonyl (C=O) groups is 1. The monoisotopic (exact) mass is 459 g/mol. The van der Waals surface area contributed by atoms with Crippen LogP contribution in [0, 0.1) is 6.92 Å². The van der Waals surface area contributed by atoms with E-state index in [-0.39, 0.29) is 16.9 Å². The van der Waals surface area contributed by atoms with Gasteiger partial charge in [0.25, 0.3) is 0 Å². The Labute approximate surface area is 189 Å². The second-order valence-corrected chi connectivity index (χ2v) is 8.45. The zero-order valence-corrected chi connectivity index (χ0v) is 19.1. The Kier molecular flexibility index (Phi) is 6.02. The predicted molar refractivity (Wildman–Crippen MR) is 122 cm³/mol. The highest BCUT2D eigenvalue weighted by atomic mass is 35.5. The van der Waals surface area contributed by atoms with E-state index in [9.17, 15) is 4.79 Å². The van der Waals surface area contributed by atoms with E-state index in [1.54, 1.807) is 44.2 Å².